The molecule has 1 amide bonds. The fourth-order valence-electron chi connectivity index (χ4n) is 1.88. The number of aryl methyl sites for hydroxylation is 1. The topological polar surface area (TPSA) is 79.4 Å². The van der Waals surface area contributed by atoms with Crippen LogP contribution in [0.1, 0.15) is 21.5 Å². The van der Waals surface area contributed by atoms with Gasteiger partial charge in [-0.3, -0.25) is 10.1 Å². The molecule has 0 unspecified atom stereocenters. The average molecular weight is 339 g/mol. The van der Waals surface area contributed by atoms with E-state index in [2.05, 4.69) is 10.3 Å². The number of rotatable bonds is 4. The predicted molar refractivity (Wildman–Crippen MR) is 86.9 cm³/mol. The summed E-state index contributed by atoms with van der Waals surface area (Å²) in [6.45, 7) is 3.51. The maximum absolute atomic E-state index is 12.4. The first-order chi connectivity index (χ1) is 10.2. The van der Waals surface area contributed by atoms with E-state index in [0.29, 0.717) is 16.3 Å². The molecular weight excluding hydrogens is 322 g/mol. The van der Waals surface area contributed by atoms with Gasteiger partial charge in [-0.25, -0.2) is 17.7 Å². The minimum atomic E-state index is -3.61. The molecule has 2 rings (SSSR count). The molecule has 0 aliphatic carbocycles. The van der Waals surface area contributed by atoms with Gasteiger partial charge in [-0.1, -0.05) is 0 Å². The van der Waals surface area contributed by atoms with Crippen LogP contribution in [-0.4, -0.2) is 37.7 Å². The number of nitrogens with zero attached hydrogens (tertiary/aromatic N) is 2. The van der Waals surface area contributed by atoms with Crippen LogP contribution in [0.3, 0.4) is 0 Å². The van der Waals surface area contributed by atoms with Gasteiger partial charge in [-0.15, -0.1) is 11.3 Å². The molecule has 0 radical (unpaired) electrons. The second-order valence-electron chi connectivity index (χ2n) is 5.00. The Hall–Kier alpha value is -1.77. The Morgan fingerprint density at radius 3 is 2.50 bits per heavy atom. The fraction of sp³-hybridized carbons (Fsp3) is 0.286. The summed E-state index contributed by atoms with van der Waals surface area (Å²) in [4.78, 5) is 16.4. The first-order valence-corrected chi connectivity index (χ1v) is 8.80. The van der Waals surface area contributed by atoms with Crippen molar-refractivity contribution >= 4 is 32.4 Å². The Morgan fingerprint density at radius 1 is 1.27 bits per heavy atom. The van der Waals surface area contributed by atoms with Gasteiger partial charge in [-0.05, 0) is 37.1 Å². The molecule has 0 fully saturated rings. The van der Waals surface area contributed by atoms with E-state index in [-0.39, 0.29) is 10.8 Å². The number of hydrogen-bond acceptors (Lipinski definition) is 5. The van der Waals surface area contributed by atoms with Gasteiger partial charge < -0.3 is 0 Å². The standard InChI is InChI=1S/C14H17N3O3S2/c1-9-7-11(13(18)16-14-15-5-6-21-14)8-12(10(9)2)22(19,20)17(3)4/h5-8H,1-4H3,(H,15,16,18). The summed E-state index contributed by atoms with van der Waals surface area (Å²) in [6, 6.07) is 3.08. The maximum atomic E-state index is 12.4. The Balaban J connectivity index is 2.47. The summed E-state index contributed by atoms with van der Waals surface area (Å²) in [5.41, 5.74) is 1.67. The van der Waals surface area contributed by atoms with Gasteiger partial charge in [0.1, 0.15) is 0 Å². The van der Waals surface area contributed by atoms with E-state index >= 15 is 0 Å². The molecule has 118 valence electrons. The summed E-state index contributed by atoms with van der Waals surface area (Å²) in [7, 11) is -0.678. The number of amides is 1. The van der Waals surface area contributed by atoms with Gasteiger partial charge in [0.15, 0.2) is 5.13 Å². The van der Waals surface area contributed by atoms with Crippen LogP contribution in [0.4, 0.5) is 5.13 Å². The van der Waals surface area contributed by atoms with Crippen molar-refractivity contribution in [1.29, 1.82) is 0 Å². The molecular formula is C14H17N3O3S2. The molecule has 1 heterocycles. The van der Waals surface area contributed by atoms with E-state index in [4.69, 9.17) is 0 Å². The van der Waals surface area contributed by atoms with Crippen molar-refractivity contribution in [2.24, 2.45) is 0 Å². The van der Waals surface area contributed by atoms with Gasteiger partial charge in [0.25, 0.3) is 5.91 Å². The molecule has 0 atom stereocenters. The van der Waals surface area contributed by atoms with E-state index in [9.17, 15) is 13.2 Å². The van der Waals surface area contributed by atoms with Gasteiger partial charge in [0.2, 0.25) is 10.0 Å². The predicted octanol–water partition coefficient (Wildman–Crippen LogP) is 2.26. The van der Waals surface area contributed by atoms with E-state index < -0.39 is 10.0 Å². The van der Waals surface area contributed by atoms with Gasteiger partial charge in [-0.2, -0.15) is 0 Å². The molecule has 0 aliphatic heterocycles. The molecule has 1 N–H and O–H groups in total. The summed E-state index contributed by atoms with van der Waals surface area (Å²) in [5, 5.41) is 4.87. The lowest BCUT2D eigenvalue weighted by Gasteiger charge is -2.16. The molecule has 2 aromatic rings. The van der Waals surface area contributed by atoms with E-state index in [0.717, 1.165) is 9.87 Å². The zero-order chi connectivity index (χ0) is 16.5. The van der Waals surface area contributed by atoms with Crippen molar-refractivity contribution in [2.75, 3.05) is 19.4 Å². The van der Waals surface area contributed by atoms with Crippen LogP contribution in [-0.2, 0) is 10.0 Å². The second kappa shape index (κ2) is 6.15. The Morgan fingerprint density at radius 2 is 1.95 bits per heavy atom. The van der Waals surface area contributed by atoms with Gasteiger partial charge in [0.05, 0.1) is 4.90 Å². The highest BCUT2D eigenvalue weighted by Crippen LogP contribution is 2.24. The first-order valence-electron chi connectivity index (χ1n) is 6.48. The third kappa shape index (κ3) is 3.18. The van der Waals surface area contributed by atoms with Crippen LogP contribution in [0, 0.1) is 13.8 Å². The van der Waals surface area contributed by atoms with Gasteiger partial charge >= 0.3 is 0 Å². The number of aromatic nitrogens is 1. The summed E-state index contributed by atoms with van der Waals surface area (Å²) in [5.74, 6) is -0.381. The van der Waals surface area contributed by atoms with Gasteiger partial charge in [0, 0.05) is 31.2 Å². The smallest absolute Gasteiger partial charge is 0.257 e. The third-order valence-corrected chi connectivity index (χ3v) is 5.92. The normalized spacial score (nSPS) is 11.7. The van der Waals surface area contributed by atoms with Crippen LogP contribution < -0.4 is 5.32 Å². The first kappa shape index (κ1) is 16.6. The molecule has 1 aromatic carbocycles. The summed E-state index contributed by atoms with van der Waals surface area (Å²) < 4.78 is 25.9. The molecule has 6 nitrogen and oxygen atoms in total. The maximum Gasteiger partial charge on any atom is 0.257 e. The molecule has 0 bridgehead atoms. The molecule has 0 spiro atoms. The number of carbonyl (C=O) groups is 1. The molecule has 22 heavy (non-hydrogen) atoms. The highest BCUT2D eigenvalue weighted by atomic mass is 32.2. The van der Waals surface area contributed by atoms with E-state index in [1.165, 1.54) is 31.5 Å². The van der Waals surface area contributed by atoms with Crippen LogP contribution in [0.25, 0.3) is 0 Å². The molecule has 1 aromatic heterocycles. The van der Waals surface area contributed by atoms with Crippen LogP contribution in [0.2, 0.25) is 0 Å². The monoisotopic (exact) mass is 339 g/mol. The number of sulfonamides is 1. The van der Waals surface area contributed by atoms with Crippen molar-refractivity contribution < 1.29 is 13.2 Å². The minimum Gasteiger partial charge on any atom is -0.298 e. The molecule has 0 aliphatic rings. The quantitative estimate of drug-likeness (QED) is 0.927. The van der Waals surface area contributed by atoms with Crippen molar-refractivity contribution in [1.82, 2.24) is 9.29 Å². The number of anilines is 1. The largest absolute Gasteiger partial charge is 0.298 e. The highest BCUT2D eigenvalue weighted by molar-refractivity contribution is 7.89. The lowest BCUT2D eigenvalue weighted by atomic mass is 10.1. The minimum absolute atomic E-state index is 0.141. The highest BCUT2D eigenvalue weighted by Gasteiger charge is 2.23. The Kier molecular flexibility index (Phi) is 4.64. The Bertz CT molecular complexity index is 797. The van der Waals surface area contributed by atoms with E-state index in [1.54, 1.807) is 31.5 Å². The third-order valence-electron chi connectivity index (χ3n) is 3.29. The molecule has 0 saturated carbocycles. The second-order valence-corrected chi connectivity index (χ2v) is 8.01. The summed E-state index contributed by atoms with van der Waals surface area (Å²) >= 11 is 1.30. The van der Waals surface area contributed by atoms with Crippen LogP contribution >= 0.6 is 11.3 Å². The lowest BCUT2D eigenvalue weighted by Crippen LogP contribution is -2.24. The molecule has 0 saturated heterocycles. The lowest BCUT2D eigenvalue weighted by molar-refractivity contribution is 0.102. The molecule has 8 heteroatoms. The Labute approximate surface area is 133 Å². The number of thiazole rings is 1. The number of hydrogen-bond donors (Lipinski definition) is 1. The fourth-order valence-corrected chi connectivity index (χ4v) is 3.62. The van der Waals surface area contributed by atoms with Crippen LogP contribution in [0.5, 0.6) is 0 Å². The SMILES string of the molecule is Cc1cc(C(=O)Nc2nccs2)cc(S(=O)(=O)N(C)C)c1C. The van der Waals surface area contributed by atoms with Crippen molar-refractivity contribution in [3.05, 3.63) is 40.4 Å². The van der Waals surface area contributed by atoms with Crippen molar-refractivity contribution in [3.8, 4) is 0 Å². The van der Waals surface area contributed by atoms with Crippen LogP contribution in [0.15, 0.2) is 28.6 Å². The van der Waals surface area contributed by atoms with E-state index in [1.807, 2.05) is 0 Å². The zero-order valence-electron chi connectivity index (χ0n) is 12.7. The van der Waals surface area contributed by atoms with Crippen molar-refractivity contribution in [2.45, 2.75) is 18.7 Å². The number of benzene rings is 1. The summed E-state index contributed by atoms with van der Waals surface area (Å²) in [6.07, 6.45) is 1.59. The van der Waals surface area contributed by atoms with Crippen molar-refractivity contribution in [3.63, 3.8) is 0 Å². The zero-order valence-corrected chi connectivity index (χ0v) is 14.4. The number of carbonyl (C=O) groups excluding carboxylic acids is 1. The average Bonchev–Trinajstić information content (AvgIpc) is 2.93. The number of nitrogens with one attached hydrogen (secondary N) is 1.